The van der Waals surface area contributed by atoms with Gasteiger partial charge >= 0.3 is 0 Å². The van der Waals surface area contributed by atoms with Crippen molar-refractivity contribution >= 4 is 27.3 Å². The van der Waals surface area contributed by atoms with Crippen LogP contribution in [-0.2, 0) is 0 Å². The smallest absolute Gasteiger partial charge is 0.0386 e. The van der Waals surface area contributed by atoms with Crippen LogP contribution in [0.2, 0.25) is 0 Å². The third-order valence-corrected chi connectivity index (χ3v) is 5.43. The largest absolute Gasteiger partial charge is 0.309 e. The molecule has 1 fully saturated rings. The standard InChI is InChI=1S/C14H23BrN2S/c1-11(9-17-5-3-4-6-17)8-16-12(2)14-7-13(15)10-18-14/h7,10-12,16H,3-6,8-9H2,1-2H3. The maximum Gasteiger partial charge on any atom is 0.0386 e. The van der Waals surface area contributed by atoms with E-state index >= 15 is 0 Å². The molecule has 1 aliphatic rings. The van der Waals surface area contributed by atoms with Gasteiger partial charge in [0.25, 0.3) is 0 Å². The Morgan fingerprint density at radius 1 is 1.39 bits per heavy atom. The van der Waals surface area contributed by atoms with E-state index in [1.165, 1.54) is 41.8 Å². The van der Waals surface area contributed by atoms with Crippen LogP contribution in [0.1, 0.15) is 37.6 Å². The van der Waals surface area contributed by atoms with Crippen molar-refractivity contribution in [3.63, 3.8) is 0 Å². The van der Waals surface area contributed by atoms with Crippen LogP contribution in [0.4, 0.5) is 0 Å². The van der Waals surface area contributed by atoms with Gasteiger partial charge in [-0.2, -0.15) is 0 Å². The average molecular weight is 331 g/mol. The number of halogens is 1. The maximum absolute atomic E-state index is 3.65. The van der Waals surface area contributed by atoms with Crippen LogP contribution in [0.3, 0.4) is 0 Å². The first-order valence-corrected chi connectivity index (χ1v) is 8.52. The minimum atomic E-state index is 0.460. The summed E-state index contributed by atoms with van der Waals surface area (Å²) in [6.45, 7) is 9.56. The van der Waals surface area contributed by atoms with E-state index in [1.807, 2.05) is 11.3 Å². The van der Waals surface area contributed by atoms with E-state index in [0.29, 0.717) is 6.04 Å². The van der Waals surface area contributed by atoms with Crippen molar-refractivity contribution in [2.75, 3.05) is 26.2 Å². The monoisotopic (exact) mass is 330 g/mol. The van der Waals surface area contributed by atoms with Gasteiger partial charge in [-0.15, -0.1) is 11.3 Å². The van der Waals surface area contributed by atoms with Crippen molar-refractivity contribution in [2.24, 2.45) is 5.92 Å². The summed E-state index contributed by atoms with van der Waals surface area (Å²) in [5, 5.41) is 5.80. The molecule has 0 amide bonds. The summed E-state index contributed by atoms with van der Waals surface area (Å²) < 4.78 is 1.20. The molecule has 2 atom stereocenters. The van der Waals surface area contributed by atoms with Gasteiger partial charge in [0.2, 0.25) is 0 Å². The van der Waals surface area contributed by atoms with Gasteiger partial charge < -0.3 is 10.2 Å². The van der Waals surface area contributed by atoms with Gasteiger partial charge in [-0.25, -0.2) is 0 Å². The predicted molar refractivity (Wildman–Crippen MR) is 83.3 cm³/mol. The summed E-state index contributed by atoms with van der Waals surface area (Å²) in [5.74, 6) is 0.731. The molecule has 4 heteroatoms. The Balaban J connectivity index is 1.70. The second kappa shape index (κ2) is 7.04. The Hall–Kier alpha value is 0.1000. The van der Waals surface area contributed by atoms with Gasteiger partial charge in [-0.05, 0) is 67.3 Å². The highest BCUT2D eigenvalue weighted by atomic mass is 79.9. The van der Waals surface area contributed by atoms with Crippen LogP contribution >= 0.6 is 27.3 Å². The molecular formula is C14H23BrN2S. The first-order valence-electron chi connectivity index (χ1n) is 6.85. The molecule has 18 heavy (non-hydrogen) atoms. The molecule has 102 valence electrons. The predicted octanol–water partition coefficient (Wildman–Crippen LogP) is 3.89. The third-order valence-electron chi connectivity index (χ3n) is 3.56. The van der Waals surface area contributed by atoms with Gasteiger partial charge in [-0.1, -0.05) is 6.92 Å². The SMILES string of the molecule is CC(CNC(C)c1cc(Br)cs1)CN1CCCC1. The van der Waals surface area contributed by atoms with Crippen molar-refractivity contribution in [3.8, 4) is 0 Å². The Bertz CT molecular complexity index is 360. The van der Waals surface area contributed by atoms with Gasteiger partial charge in [0.05, 0.1) is 0 Å². The molecule has 2 heterocycles. The molecule has 2 rings (SSSR count). The fourth-order valence-electron chi connectivity index (χ4n) is 2.50. The van der Waals surface area contributed by atoms with E-state index in [0.717, 1.165) is 12.5 Å². The van der Waals surface area contributed by atoms with Crippen LogP contribution in [-0.4, -0.2) is 31.1 Å². The fourth-order valence-corrected chi connectivity index (χ4v) is 3.98. The van der Waals surface area contributed by atoms with Crippen molar-refractivity contribution < 1.29 is 0 Å². The molecule has 0 bridgehead atoms. The van der Waals surface area contributed by atoms with Gasteiger partial charge in [-0.3, -0.25) is 0 Å². The van der Waals surface area contributed by atoms with Crippen molar-refractivity contribution in [1.82, 2.24) is 10.2 Å². The van der Waals surface area contributed by atoms with E-state index in [1.54, 1.807) is 0 Å². The second-order valence-corrected chi connectivity index (χ2v) is 7.27. The number of nitrogens with zero attached hydrogens (tertiary/aromatic N) is 1. The van der Waals surface area contributed by atoms with E-state index in [9.17, 15) is 0 Å². The average Bonchev–Trinajstić information content (AvgIpc) is 2.97. The van der Waals surface area contributed by atoms with Crippen molar-refractivity contribution in [2.45, 2.75) is 32.7 Å². The van der Waals surface area contributed by atoms with Crippen LogP contribution in [0.15, 0.2) is 15.9 Å². The number of rotatable bonds is 6. The molecule has 1 aromatic heterocycles. The van der Waals surface area contributed by atoms with Gasteiger partial charge in [0.1, 0.15) is 0 Å². The van der Waals surface area contributed by atoms with Crippen LogP contribution in [0.5, 0.6) is 0 Å². The molecular weight excluding hydrogens is 308 g/mol. The highest BCUT2D eigenvalue weighted by molar-refractivity contribution is 9.10. The first-order chi connectivity index (χ1) is 8.65. The summed E-state index contributed by atoms with van der Waals surface area (Å²) in [7, 11) is 0. The Labute approximate surface area is 123 Å². The molecule has 1 aliphatic heterocycles. The minimum absolute atomic E-state index is 0.460. The Kier molecular flexibility index (Phi) is 5.67. The van der Waals surface area contributed by atoms with Gasteiger partial charge in [0, 0.05) is 27.3 Å². The molecule has 0 radical (unpaired) electrons. The third kappa shape index (κ3) is 4.34. The zero-order chi connectivity index (χ0) is 13.0. The summed E-state index contributed by atoms with van der Waals surface area (Å²) >= 11 is 5.34. The summed E-state index contributed by atoms with van der Waals surface area (Å²) in [6, 6.07) is 2.68. The lowest BCUT2D eigenvalue weighted by atomic mass is 10.1. The van der Waals surface area contributed by atoms with Crippen LogP contribution in [0, 0.1) is 5.92 Å². The number of thiophene rings is 1. The normalized spacial score (nSPS) is 20.2. The van der Waals surface area contributed by atoms with Crippen LogP contribution < -0.4 is 5.32 Å². The van der Waals surface area contributed by atoms with Crippen LogP contribution in [0.25, 0.3) is 0 Å². The summed E-state index contributed by atoms with van der Waals surface area (Å²) in [6.07, 6.45) is 2.78. The number of nitrogens with one attached hydrogen (secondary N) is 1. The topological polar surface area (TPSA) is 15.3 Å². The number of likely N-dealkylation sites (tertiary alicyclic amines) is 1. The Morgan fingerprint density at radius 2 is 2.11 bits per heavy atom. The minimum Gasteiger partial charge on any atom is -0.309 e. The molecule has 2 nitrogen and oxygen atoms in total. The van der Waals surface area contributed by atoms with Crippen molar-refractivity contribution in [3.05, 3.63) is 20.8 Å². The molecule has 1 aromatic rings. The van der Waals surface area contributed by atoms with E-state index in [2.05, 4.69) is 51.4 Å². The molecule has 0 aliphatic carbocycles. The molecule has 2 unspecified atom stereocenters. The summed E-state index contributed by atoms with van der Waals surface area (Å²) in [4.78, 5) is 4.01. The maximum atomic E-state index is 3.65. The van der Waals surface area contributed by atoms with Crippen molar-refractivity contribution in [1.29, 1.82) is 0 Å². The first kappa shape index (κ1) is 14.5. The highest BCUT2D eigenvalue weighted by Crippen LogP contribution is 2.25. The Morgan fingerprint density at radius 3 is 2.72 bits per heavy atom. The van der Waals surface area contributed by atoms with E-state index in [-0.39, 0.29) is 0 Å². The number of hydrogen-bond acceptors (Lipinski definition) is 3. The lowest BCUT2D eigenvalue weighted by molar-refractivity contribution is 0.279. The zero-order valence-electron chi connectivity index (χ0n) is 11.3. The lowest BCUT2D eigenvalue weighted by Crippen LogP contribution is -2.32. The van der Waals surface area contributed by atoms with E-state index in [4.69, 9.17) is 0 Å². The molecule has 1 N–H and O–H groups in total. The molecule has 0 spiro atoms. The highest BCUT2D eigenvalue weighted by Gasteiger charge is 2.15. The second-order valence-electron chi connectivity index (χ2n) is 5.41. The molecule has 1 saturated heterocycles. The molecule has 0 aromatic carbocycles. The van der Waals surface area contributed by atoms with E-state index < -0.39 is 0 Å². The zero-order valence-corrected chi connectivity index (χ0v) is 13.7. The number of hydrogen-bond donors (Lipinski definition) is 1. The summed E-state index contributed by atoms with van der Waals surface area (Å²) in [5.41, 5.74) is 0. The quantitative estimate of drug-likeness (QED) is 0.851. The lowest BCUT2D eigenvalue weighted by Gasteiger charge is -2.22. The van der Waals surface area contributed by atoms with Gasteiger partial charge in [0.15, 0.2) is 0 Å². The molecule has 0 saturated carbocycles. The fraction of sp³-hybridized carbons (Fsp3) is 0.714.